The number of carbonyl (C=O) groups is 1. The van der Waals surface area contributed by atoms with Gasteiger partial charge in [0.05, 0.1) is 4.90 Å². The van der Waals surface area contributed by atoms with Crippen molar-refractivity contribution >= 4 is 38.2 Å². The number of sulfonamides is 1. The van der Waals surface area contributed by atoms with E-state index in [0.29, 0.717) is 10.6 Å². The van der Waals surface area contributed by atoms with Gasteiger partial charge in [-0.05, 0) is 54.6 Å². The van der Waals surface area contributed by atoms with Crippen molar-refractivity contribution in [2.75, 3.05) is 0 Å². The summed E-state index contributed by atoms with van der Waals surface area (Å²) in [5.74, 6) is -0.0892. The molecule has 0 bridgehead atoms. The lowest BCUT2D eigenvalue weighted by molar-refractivity contribution is 0.101. The summed E-state index contributed by atoms with van der Waals surface area (Å²) in [4.78, 5) is 12.6. The van der Waals surface area contributed by atoms with E-state index in [0.717, 1.165) is 27.5 Å². The lowest BCUT2D eigenvalue weighted by Crippen LogP contribution is -2.25. The Morgan fingerprint density at radius 1 is 1.04 bits per heavy atom. The molecule has 0 N–H and O–H groups in total. The van der Waals surface area contributed by atoms with E-state index < -0.39 is 10.0 Å². The van der Waals surface area contributed by atoms with Gasteiger partial charge in [0, 0.05) is 29.1 Å². The fraction of sp³-hybridized carbons (Fsp3) is 0.190. The van der Waals surface area contributed by atoms with Crippen LogP contribution in [0.25, 0.3) is 10.8 Å². The topological polar surface area (TPSA) is 54.5 Å². The molecule has 0 amide bonds. The summed E-state index contributed by atoms with van der Waals surface area (Å²) in [6, 6.07) is 14.1. The molecule has 0 atom stereocenters. The smallest absolute Gasteiger partial charge is 0.243 e. The van der Waals surface area contributed by atoms with E-state index in [1.165, 1.54) is 11.2 Å². The first-order chi connectivity index (χ1) is 12.8. The Morgan fingerprint density at radius 3 is 2.41 bits per heavy atom. The van der Waals surface area contributed by atoms with Gasteiger partial charge >= 0.3 is 0 Å². The minimum atomic E-state index is -3.65. The van der Waals surface area contributed by atoms with Gasteiger partial charge in [-0.1, -0.05) is 41.4 Å². The van der Waals surface area contributed by atoms with Crippen LogP contribution in [-0.4, -0.2) is 18.5 Å². The van der Waals surface area contributed by atoms with Crippen LogP contribution in [0.1, 0.15) is 34.0 Å². The van der Waals surface area contributed by atoms with Gasteiger partial charge in [-0.15, -0.1) is 0 Å². The summed E-state index contributed by atoms with van der Waals surface area (Å²) in [6.07, 6.45) is 0. The Balaban J connectivity index is 1.85. The molecule has 0 aromatic heterocycles. The molecule has 3 aromatic rings. The number of Topliss-reactive ketones (excluding diaryl/α,β-unsaturated/α-hetero) is 1. The molecule has 4 rings (SSSR count). The first-order valence-electron chi connectivity index (χ1n) is 8.60. The molecule has 0 aliphatic carbocycles. The predicted octanol–water partition coefficient (Wildman–Crippen LogP) is 4.71. The highest BCUT2D eigenvalue weighted by atomic mass is 35.5. The second-order valence-electron chi connectivity index (χ2n) is 6.87. The van der Waals surface area contributed by atoms with E-state index >= 15 is 0 Å². The maximum Gasteiger partial charge on any atom is 0.243 e. The fourth-order valence-corrected chi connectivity index (χ4v) is 5.28. The van der Waals surface area contributed by atoms with E-state index in [1.54, 1.807) is 36.4 Å². The summed E-state index contributed by atoms with van der Waals surface area (Å²) < 4.78 is 27.6. The van der Waals surface area contributed by atoms with Crippen LogP contribution in [0.2, 0.25) is 5.02 Å². The van der Waals surface area contributed by atoms with Crippen LogP contribution in [0.5, 0.6) is 0 Å². The van der Waals surface area contributed by atoms with E-state index in [2.05, 4.69) is 0 Å². The summed E-state index contributed by atoms with van der Waals surface area (Å²) in [7, 11) is -3.65. The van der Waals surface area contributed by atoms with Gasteiger partial charge in [0.15, 0.2) is 5.78 Å². The Kier molecular flexibility index (Phi) is 4.34. The standard InChI is InChI=1S/C21H18ClNO3S/c1-13-6-8-16(9-7-13)27(25,26)23-11-15-10-18-17(4-3-5-20(18)22)21(14(2)24)19(15)12-23/h3-10H,11-12H2,1-2H3. The number of fused-ring (bicyclic) bond motifs is 2. The van der Waals surface area contributed by atoms with Crippen LogP contribution in [0.4, 0.5) is 0 Å². The number of aryl methyl sites for hydroxylation is 1. The minimum absolute atomic E-state index is 0.0892. The third kappa shape index (κ3) is 2.96. The highest BCUT2D eigenvalue weighted by Crippen LogP contribution is 2.37. The number of carbonyl (C=O) groups excluding carboxylic acids is 1. The second-order valence-corrected chi connectivity index (χ2v) is 9.21. The average Bonchev–Trinajstić information content (AvgIpc) is 3.05. The number of halogens is 1. The SMILES string of the molecule is CC(=O)c1c2c(cc3c(Cl)cccc13)CN(S(=O)(=O)c1ccc(C)cc1)C2. The monoisotopic (exact) mass is 399 g/mol. The molecular weight excluding hydrogens is 382 g/mol. The molecular formula is C21H18ClNO3S. The molecule has 1 aliphatic rings. The van der Waals surface area contributed by atoms with E-state index in [9.17, 15) is 13.2 Å². The third-order valence-corrected chi connectivity index (χ3v) is 7.16. The average molecular weight is 400 g/mol. The van der Waals surface area contributed by atoms with Crippen molar-refractivity contribution in [2.45, 2.75) is 31.8 Å². The van der Waals surface area contributed by atoms with Gasteiger partial charge in [0.25, 0.3) is 0 Å². The zero-order chi connectivity index (χ0) is 19.3. The molecule has 0 radical (unpaired) electrons. The zero-order valence-electron chi connectivity index (χ0n) is 15.0. The number of hydrogen-bond donors (Lipinski definition) is 0. The molecule has 0 saturated heterocycles. The molecule has 0 spiro atoms. The minimum Gasteiger partial charge on any atom is -0.294 e. The zero-order valence-corrected chi connectivity index (χ0v) is 16.6. The summed E-state index contributed by atoms with van der Waals surface area (Å²) >= 11 is 6.33. The lowest BCUT2D eigenvalue weighted by atomic mass is 9.93. The van der Waals surface area contributed by atoms with Crippen LogP contribution in [0.3, 0.4) is 0 Å². The molecule has 1 aliphatic heterocycles. The highest BCUT2D eigenvalue weighted by Gasteiger charge is 2.33. The van der Waals surface area contributed by atoms with Crippen molar-refractivity contribution in [1.29, 1.82) is 0 Å². The van der Waals surface area contributed by atoms with E-state index in [-0.39, 0.29) is 23.8 Å². The summed E-state index contributed by atoms with van der Waals surface area (Å²) in [5, 5.41) is 2.10. The van der Waals surface area contributed by atoms with Gasteiger partial charge < -0.3 is 0 Å². The molecule has 27 heavy (non-hydrogen) atoms. The number of ketones is 1. The Hall–Kier alpha value is -2.21. The van der Waals surface area contributed by atoms with Crippen molar-refractivity contribution in [2.24, 2.45) is 0 Å². The molecule has 6 heteroatoms. The van der Waals surface area contributed by atoms with Crippen molar-refractivity contribution in [3.63, 3.8) is 0 Å². The predicted molar refractivity (Wildman–Crippen MR) is 107 cm³/mol. The second kappa shape index (κ2) is 6.44. The number of hydrogen-bond acceptors (Lipinski definition) is 3. The molecule has 138 valence electrons. The van der Waals surface area contributed by atoms with Gasteiger partial charge in [-0.2, -0.15) is 4.31 Å². The molecule has 1 heterocycles. The molecule has 3 aromatic carbocycles. The van der Waals surface area contributed by atoms with Gasteiger partial charge in [-0.25, -0.2) is 8.42 Å². The van der Waals surface area contributed by atoms with Gasteiger partial charge in [-0.3, -0.25) is 4.79 Å². The molecule has 4 nitrogen and oxygen atoms in total. The first kappa shape index (κ1) is 18.2. The van der Waals surface area contributed by atoms with Crippen molar-refractivity contribution in [3.8, 4) is 0 Å². The molecule has 0 saturated carbocycles. The maximum atomic E-state index is 13.1. The van der Waals surface area contributed by atoms with Crippen molar-refractivity contribution < 1.29 is 13.2 Å². The number of benzene rings is 3. The molecule has 0 unspecified atom stereocenters. The Bertz CT molecular complexity index is 1180. The van der Waals surface area contributed by atoms with E-state index in [1.807, 2.05) is 19.1 Å². The van der Waals surface area contributed by atoms with E-state index in [4.69, 9.17) is 11.6 Å². The van der Waals surface area contributed by atoms with Crippen molar-refractivity contribution in [1.82, 2.24) is 4.31 Å². The Labute approximate surface area is 163 Å². The van der Waals surface area contributed by atoms with Gasteiger partial charge in [0.2, 0.25) is 10.0 Å². The normalized spacial score (nSPS) is 14.5. The molecule has 0 fully saturated rings. The van der Waals surface area contributed by atoms with Crippen LogP contribution in [-0.2, 0) is 23.1 Å². The largest absolute Gasteiger partial charge is 0.294 e. The lowest BCUT2D eigenvalue weighted by Gasteiger charge is -2.16. The van der Waals surface area contributed by atoms with Crippen LogP contribution in [0.15, 0.2) is 53.4 Å². The Morgan fingerprint density at radius 2 is 1.74 bits per heavy atom. The van der Waals surface area contributed by atoms with Crippen molar-refractivity contribution in [3.05, 3.63) is 75.8 Å². The van der Waals surface area contributed by atoms with Crippen LogP contribution < -0.4 is 0 Å². The first-order valence-corrected chi connectivity index (χ1v) is 10.4. The number of rotatable bonds is 3. The highest BCUT2D eigenvalue weighted by molar-refractivity contribution is 7.89. The third-order valence-electron chi connectivity index (χ3n) is 5.02. The fourth-order valence-electron chi connectivity index (χ4n) is 3.66. The van der Waals surface area contributed by atoms with Gasteiger partial charge in [0.1, 0.15) is 0 Å². The quantitative estimate of drug-likeness (QED) is 0.599. The van der Waals surface area contributed by atoms with Crippen LogP contribution >= 0.6 is 11.6 Å². The maximum absolute atomic E-state index is 13.1. The van der Waals surface area contributed by atoms with Crippen LogP contribution in [0, 0.1) is 6.92 Å². The number of nitrogens with zero attached hydrogens (tertiary/aromatic N) is 1. The summed E-state index contributed by atoms with van der Waals surface area (Å²) in [5.41, 5.74) is 3.16. The summed E-state index contributed by atoms with van der Waals surface area (Å²) in [6.45, 7) is 3.83.